The van der Waals surface area contributed by atoms with Crippen molar-refractivity contribution >= 4 is 23.9 Å². The molecule has 0 aliphatic carbocycles. The van der Waals surface area contributed by atoms with Gasteiger partial charge in [-0.15, -0.1) is 0 Å². The number of pyridine rings is 1. The zero-order valence-electron chi connectivity index (χ0n) is 12.3. The van der Waals surface area contributed by atoms with Gasteiger partial charge in [0.05, 0.1) is 5.92 Å². The van der Waals surface area contributed by atoms with Gasteiger partial charge in [-0.3, -0.25) is 14.9 Å². The number of piperidine rings is 2. The quantitative estimate of drug-likeness (QED) is 0.666. The van der Waals surface area contributed by atoms with Gasteiger partial charge in [-0.25, -0.2) is 4.98 Å². The molecule has 2 fully saturated rings. The molecule has 0 spiro atoms. The number of imide groups is 1. The van der Waals surface area contributed by atoms with E-state index in [-0.39, 0.29) is 23.7 Å². The molecule has 0 aromatic carbocycles. The van der Waals surface area contributed by atoms with Crippen LogP contribution in [0.5, 0.6) is 0 Å². The molecule has 2 saturated heterocycles. The summed E-state index contributed by atoms with van der Waals surface area (Å²) < 4.78 is 0. The van der Waals surface area contributed by atoms with E-state index in [1.165, 1.54) is 0 Å². The van der Waals surface area contributed by atoms with Gasteiger partial charge in [0.1, 0.15) is 12.1 Å². The van der Waals surface area contributed by atoms with Crippen LogP contribution in [0.25, 0.3) is 0 Å². The largest absolute Gasteiger partial charge is 0.357 e. The minimum atomic E-state index is -0.285. The summed E-state index contributed by atoms with van der Waals surface area (Å²) >= 11 is 0. The van der Waals surface area contributed by atoms with Gasteiger partial charge in [0.2, 0.25) is 11.8 Å². The van der Waals surface area contributed by atoms with E-state index >= 15 is 0 Å². The molecule has 6 nitrogen and oxygen atoms in total. The maximum absolute atomic E-state index is 12.0. The first-order valence-corrected chi connectivity index (χ1v) is 7.67. The van der Waals surface area contributed by atoms with Crippen molar-refractivity contribution in [3.05, 3.63) is 23.9 Å². The van der Waals surface area contributed by atoms with Crippen LogP contribution >= 0.6 is 0 Å². The lowest BCUT2D eigenvalue weighted by molar-refractivity contribution is -0.134. The Morgan fingerprint density at radius 2 is 2.00 bits per heavy atom. The third kappa shape index (κ3) is 3.00. The lowest BCUT2D eigenvalue weighted by Crippen LogP contribution is -2.39. The van der Waals surface area contributed by atoms with Crippen LogP contribution in [0.4, 0.5) is 5.82 Å². The summed E-state index contributed by atoms with van der Waals surface area (Å²) in [6.07, 6.45) is 5.34. The van der Waals surface area contributed by atoms with E-state index in [9.17, 15) is 14.4 Å². The highest BCUT2D eigenvalue weighted by Crippen LogP contribution is 2.28. The second kappa shape index (κ2) is 6.25. The summed E-state index contributed by atoms with van der Waals surface area (Å²) in [5, 5.41) is 2.39. The summed E-state index contributed by atoms with van der Waals surface area (Å²) in [7, 11) is 0. The van der Waals surface area contributed by atoms with Crippen LogP contribution in [0.1, 0.15) is 37.2 Å². The molecular formula is C16H19N3O3. The number of aromatic nitrogens is 1. The first kappa shape index (κ1) is 14.7. The molecule has 1 aromatic heterocycles. The van der Waals surface area contributed by atoms with E-state index < -0.39 is 0 Å². The second-order valence-corrected chi connectivity index (χ2v) is 5.91. The molecule has 1 N–H and O–H groups in total. The van der Waals surface area contributed by atoms with Gasteiger partial charge in [-0.05, 0) is 37.0 Å². The van der Waals surface area contributed by atoms with Crippen LogP contribution in [-0.2, 0) is 14.4 Å². The maximum atomic E-state index is 12.0. The number of amides is 2. The van der Waals surface area contributed by atoms with Crippen LogP contribution in [0, 0.1) is 5.92 Å². The Labute approximate surface area is 128 Å². The Morgan fingerprint density at radius 1 is 1.23 bits per heavy atom. The number of hydrogen-bond donors (Lipinski definition) is 1. The highest BCUT2D eigenvalue weighted by Gasteiger charge is 2.28. The van der Waals surface area contributed by atoms with Crippen molar-refractivity contribution in [1.29, 1.82) is 0 Å². The molecule has 2 aliphatic heterocycles. The number of anilines is 1. The fourth-order valence-electron chi connectivity index (χ4n) is 3.10. The predicted octanol–water partition coefficient (Wildman–Crippen LogP) is 1.02. The number of rotatable bonds is 3. The molecule has 0 radical (unpaired) electrons. The Kier molecular flexibility index (Phi) is 4.18. The molecule has 0 bridgehead atoms. The van der Waals surface area contributed by atoms with Crippen LogP contribution < -0.4 is 10.2 Å². The van der Waals surface area contributed by atoms with Crippen LogP contribution in [0.15, 0.2) is 18.3 Å². The smallest absolute Gasteiger partial charge is 0.234 e. The topological polar surface area (TPSA) is 79.4 Å². The fraction of sp³-hybridized carbons (Fsp3) is 0.500. The molecule has 3 rings (SSSR count). The number of carbonyl (C=O) groups excluding carboxylic acids is 3. The minimum absolute atomic E-state index is 0.148. The third-order valence-corrected chi connectivity index (χ3v) is 4.47. The van der Waals surface area contributed by atoms with Gasteiger partial charge >= 0.3 is 0 Å². The van der Waals surface area contributed by atoms with Gasteiger partial charge < -0.3 is 9.69 Å². The third-order valence-electron chi connectivity index (χ3n) is 4.47. The lowest BCUT2D eigenvalue weighted by Gasteiger charge is -2.31. The van der Waals surface area contributed by atoms with E-state index in [1.54, 1.807) is 6.20 Å². The van der Waals surface area contributed by atoms with E-state index in [2.05, 4.69) is 15.2 Å². The number of nitrogens with zero attached hydrogens (tertiary/aromatic N) is 2. The van der Waals surface area contributed by atoms with Gasteiger partial charge in [0.25, 0.3) is 0 Å². The Morgan fingerprint density at radius 3 is 2.68 bits per heavy atom. The van der Waals surface area contributed by atoms with Gasteiger partial charge in [-0.1, -0.05) is 0 Å². The zero-order valence-corrected chi connectivity index (χ0v) is 12.3. The van der Waals surface area contributed by atoms with Gasteiger partial charge in [0.15, 0.2) is 0 Å². The molecule has 2 amide bonds. The number of aldehydes is 1. The minimum Gasteiger partial charge on any atom is -0.357 e. The van der Waals surface area contributed by atoms with Crippen molar-refractivity contribution in [2.75, 3.05) is 18.0 Å². The normalized spacial score (nSPS) is 23.3. The molecule has 1 atom stereocenters. The van der Waals surface area contributed by atoms with Crippen LogP contribution in [0.2, 0.25) is 0 Å². The summed E-state index contributed by atoms with van der Waals surface area (Å²) in [5.74, 6) is 0.271. The predicted molar refractivity (Wildman–Crippen MR) is 80.4 cm³/mol. The van der Waals surface area contributed by atoms with E-state index in [4.69, 9.17) is 0 Å². The molecule has 116 valence electrons. The molecular weight excluding hydrogens is 282 g/mol. The highest BCUT2D eigenvalue weighted by atomic mass is 16.2. The molecule has 2 aliphatic rings. The first-order valence-electron chi connectivity index (χ1n) is 7.67. The Balaban J connectivity index is 1.74. The van der Waals surface area contributed by atoms with Gasteiger partial charge in [-0.2, -0.15) is 0 Å². The van der Waals surface area contributed by atoms with Crippen molar-refractivity contribution in [1.82, 2.24) is 10.3 Å². The molecule has 22 heavy (non-hydrogen) atoms. The summed E-state index contributed by atoms with van der Waals surface area (Å²) in [4.78, 5) is 40.6. The van der Waals surface area contributed by atoms with Crippen molar-refractivity contribution in [3.63, 3.8) is 0 Å². The number of carbonyl (C=O) groups is 3. The number of nitrogens with one attached hydrogen (secondary N) is 1. The molecule has 0 saturated carbocycles. The van der Waals surface area contributed by atoms with Crippen molar-refractivity contribution < 1.29 is 14.4 Å². The van der Waals surface area contributed by atoms with Gasteiger partial charge in [0, 0.05) is 31.6 Å². The molecule has 0 unspecified atom stereocenters. The van der Waals surface area contributed by atoms with Crippen LogP contribution in [0.3, 0.4) is 0 Å². The van der Waals surface area contributed by atoms with Crippen molar-refractivity contribution in [2.45, 2.75) is 31.6 Å². The average molecular weight is 301 g/mol. The fourth-order valence-corrected chi connectivity index (χ4v) is 3.10. The first-order chi connectivity index (χ1) is 10.7. The van der Waals surface area contributed by atoms with E-state index in [0.717, 1.165) is 43.6 Å². The number of hydrogen-bond acceptors (Lipinski definition) is 5. The highest BCUT2D eigenvalue weighted by molar-refractivity contribution is 6.00. The zero-order chi connectivity index (χ0) is 15.5. The monoisotopic (exact) mass is 301 g/mol. The molecule has 3 heterocycles. The van der Waals surface area contributed by atoms with Crippen molar-refractivity contribution in [3.8, 4) is 0 Å². The van der Waals surface area contributed by atoms with E-state index in [0.29, 0.717) is 12.8 Å². The summed E-state index contributed by atoms with van der Waals surface area (Å²) in [6, 6.07) is 3.77. The molecule has 1 aromatic rings. The van der Waals surface area contributed by atoms with Crippen LogP contribution in [-0.4, -0.2) is 36.2 Å². The Hall–Kier alpha value is -2.24. The molecule has 6 heteroatoms. The average Bonchev–Trinajstić information content (AvgIpc) is 2.55. The summed E-state index contributed by atoms with van der Waals surface area (Å²) in [5.41, 5.74) is 0.896. The standard InChI is InChI=1S/C16H19N3O3/c20-10-11-4-7-19(8-5-11)14-9-12(3-6-17-14)13-1-2-15(21)18-16(13)22/h3,6,9-11,13H,1-2,4-5,7-8H2,(H,18,21,22)/t13-/m1/s1. The summed E-state index contributed by atoms with van der Waals surface area (Å²) in [6.45, 7) is 1.60. The van der Waals surface area contributed by atoms with E-state index in [1.807, 2.05) is 12.1 Å². The maximum Gasteiger partial charge on any atom is 0.234 e. The Bertz CT molecular complexity index is 594. The van der Waals surface area contributed by atoms with Crippen molar-refractivity contribution in [2.24, 2.45) is 5.92 Å². The lowest BCUT2D eigenvalue weighted by atomic mass is 9.91. The second-order valence-electron chi connectivity index (χ2n) is 5.91. The SMILES string of the molecule is O=CC1CCN(c2cc([C@H]3CCC(=O)NC3=O)ccn2)CC1.